The molecule has 20 heteroatoms. The van der Waals surface area contributed by atoms with E-state index < -0.39 is 30.5 Å². The minimum Gasteiger partial charge on any atom is -0.481 e. The van der Waals surface area contributed by atoms with Gasteiger partial charge in [-0.3, -0.25) is 14.6 Å². The van der Waals surface area contributed by atoms with Gasteiger partial charge in [0.1, 0.15) is 16.7 Å². The molecule has 2 fully saturated rings. The molecule has 2 aliphatic heterocycles. The number of Topliss-reactive ketones (excluding diaryl/α,β-unsaturated/α-hetero) is 2. The Morgan fingerprint density at radius 2 is 1.11 bits per heavy atom. The molecule has 2 aliphatic carbocycles. The number of halogens is 5. The van der Waals surface area contributed by atoms with Crippen molar-refractivity contribution in [2.75, 3.05) is 14.2 Å². The molecule has 2 aromatic carbocycles. The summed E-state index contributed by atoms with van der Waals surface area (Å²) in [5, 5.41) is 18.1. The summed E-state index contributed by atoms with van der Waals surface area (Å²) in [6.45, 7) is 13.5. The van der Waals surface area contributed by atoms with Gasteiger partial charge in [0.15, 0.2) is 23.0 Å². The number of hydrogen-bond acceptors (Lipinski definition) is 14. The summed E-state index contributed by atoms with van der Waals surface area (Å²) < 4.78 is 81.5. The summed E-state index contributed by atoms with van der Waals surface area (Å²) in [7, 11) is 1.63. The van der Waals surface area contributed by atoms with E-state index >= 15 is 0 Å². The van der Waals surface area contributed by atoms with Crippen molar-refractivity contribution < 1.29 is 65.6 Å². The first-order chi connectivity index (χ1) is 34.4. The summed E-state index contributed by atoms with van der Waals surface area (Å²) in [4.78, 5) is 43.8. The van der Waals surface area contributed by atoms with Crippen LogP contribution in [0.5, 0.6) is 34.8 Å². The van der Waals surface area contributed by atoms with Crippen molar-refractivity contribution in [3.05, 3.63) is 134 Å². The topological polar surface area (TPSA) is 182 Å². The van der Waals surface area contributed by atoms with Crippen molar-refractivity contribution in [2.45, 2.75) is 110 Å². The molecule has 4 aromatic heterocycles. The second-order valence-corrected chi connectivity index (χ2v) is 19.0. The number of fused-ring (bicyclic) bond motifs is 2. The van der Waals surface area contributed by atoms with Crippen LogP contribution in [0.3, 0.4) is 0 Å². The van der Waals surface area contributed by atoms with Crippen LogP contribution in [-0.4, -0.2) is 75.5 Å². The molecule has 0 bridgehead atoms. The van der Waals surface area contributed by atoms with Crippen molar-refractivity contribution in [3.63, 3.8) is 0 Å². The van der Waals surface area contributed by atoms with Gasteiger partial charge in [-0.15, -0.1) is 17.6 Å². The van der Waals surface area contributed by atoms with Gasteiger partial charge < -0.3 is 38.5 Å². The smallest absolute Gasteiger partial charge is 0.481 e. The number of rotatable bonds is 12. The molecule has 0 atom stereocenters. The normalized spacial score (nSPS) is 16.3. The molecule has 0 spiro atoms. The number of ether oxygens (including phenoxy) is 6. The standard InChI is InChI=1S/C27H26F2N2O4.C19H16ClF2NO3.C7H10BNO3/c1-14-10-19(31-24(15(14)2)20-13-30-25(33-5)17(4)16(20)3)12-23(32)26(8-9-26)18-6-7-21-22(11-18)35-27(28,29)34-21;1-10-7-13(23-17(20)11(10)2)9-16(24)18(5-6-18)12-3-4-14-15(8-12)26-19(21,22)25-14;1-5-3-7(12-2)9-4-6(5)8(10)11/h6-7,10-11,13H,8-9,12H2,1-5H3;3-4,7-8H,5-6,9H2,1-2H3;3-4,10-11H,1-2H3. The lowest BCUT2D eigenvalue weighted by molar-refractivity contribution is -0.287. The van der Waals surface area contributed by atoms with Gasteiger partial charge in [-0.25, -0.2) is 15.0 Å². The highest BCUT2D eigenvalue weighted by atomic mass is 35.5. The van der Waals surface area contributed by atoms with Crippen LogP contribution >= 0.6 is 11.6 Å². The first-order valence-electron chi connectivity index (χ1n) is 23.2. The molecule has 0 saturated heterocycles. The van der Waals surface area contributed by atoms with E-state index in [0.29, 0.717) is 70.6 Å². The first kappa shape index (κ1) is 52.5. The van der Waals surface area contributed by atoms with Crippen LogP contribution < -0.4 is 33.9 Å². The van der Waals surface area contributed by atoms with E-state index in [2.05, 4.69) is 33.9 Å². The number of hydrogen-bond donors (Lipinski definition) is 2. The van der Waals surface area contributed by atoms with E-state index in [1.807, 2.05) is 53.7 Å². The lowest BCUT2D eigenvalue weighted by Gasteiger charge is -2.17. The van der Waals surface area contributed by atoms with Crippen LogP contribution in [0.1, 0.15) is 87.1 Å². The highest BCUT2D eigenvalue weighted by Crippen LogP contribution is 2.54. The van der Waals surface area contributed by atoms with Crippen molar-refractivity contribution >= 4 is 35.7 Å². The number of aromatic nitrogens is 4. The minimum atomic E-state index is -3.69. The van der Waals surface area contributed by atoms with E-state index in [1.54, 1.807) is 38.4 Å². The number of pyridine rings is 4. The van der Waals surface area contributed by atoms with Crippen LogP contribution in [0.25, 0.3) is 11.3 Å². The highest BCUT2D eigenvalue weighted by Gasteiger charge is 2.53. The Balaban J connectivity index is 0.000000164. The van der Waals surface area contributed by atoms with Crippen LogP contribution in [0, 0.1) is 48.5 Å². The quantitative estimate of drug-likeness (QED) is 0.0673. The summed E-state index contributed by atoms with van der Waals surface area (Å²) in [6.07, 6.45) is -1.28. The SMILES string of the molecule is COc1cc(C)c(B(O)O)cn1.COc1ncc(-c2nc(CC(=O)C3(c4ccc5c(c4)OC(F)(F)O5)CC3)cc(C)c2C)c(C)c1C.Cc1cc(CC(=O)C2(c3ccc4c(c3)OC(F)(F)O4)CC2)nc(Cl)c1C. The number of alkyl halides is 4. The predicted octanol–water partition coefficient (Wildman–Crippen LogP) is 9.15. The molecule has 0 amide bonds. The summed E-state index contributed by atoms with van der Waals surface area (Å²) in [5.74, 6) is 0.905. The Morgan fingerprint density at radius 1 is 0.616 bits per heavy atom. The molecular weight excluding hydrogens is 975 g/mol. The number of benzene rings is 2. The number of aryl methyl sites for hydroxylation is 3. The maximum atomic E-state index is 13.5. The molecule has 0 radical (unpaired) electrons. The zero-order valence-electron chi connectivity index (χ0n) is 41.5. The number of nitrogens with zero attached hydrogens (tertiary/aromatic N) is 4. The monoisotopic (exact) mass is 1030 g/mol. The van der Waals surface area contributed by atoms with Crippen molar-refractivity contribution in [1.82, 2.24) is 19.9 Å². The maximum absolute atomic E-state index is 13.5. The third-order valence-electron chi connectivity index (χ3n) is 13.9. The van der Waals surface area contributed by atoms with E-state index in [0.717, 1.165) is 50.2 Å². The summed E-state index contributed by atoms with van der Waals surface area (Å²) in [5.41, 5.74) is 9.92. The average Bonchev–Trinajstić information content (AvgIpc) is 4.26. The van der Waals surface area contributed by atoms with Gasteiger partial charge in [-0.2, -0.15) is 0 Å². The molecule has 382 valence electrons. The maximum Gasteiger partial charge on any atom is 0.586 e. The summed E-state index contributed by atoms with van der Waals surface area (Å²) >= 11 is 6.12. The fraction of sp³-hybridized carbons (Fsp3) is 0.358. The lowest BCUT2D eigenvalue weighted by atomic mass is 9.79. The number of carbonyl (C=O) groups excluding carboxylic acids is 2. The Bertz CT molecular complexity index is 3150. The molecule has 6 aromatic rings. The van der Waals surface area contributed by atoms with E-state index in [9.17, 15) is 27.2 Å². The van der Waals surface area contributed by atoms with Crippen molar-refractivity contribution in [3.8, 4) is 46.0 Å². The van der Waals surface area contributed by atoms with Gasteiger partial charge in [-0.1, -0.05) is 23.7 Å². The van der Waals surface area contributed by atoms with E-state index in [-0.39, 0.29) is 47.4 Å². The molecular formula is C53H52BClF4N4O10. The highest BCUT2D eigenvalue weighted by molar-refractivity contribution is 6.59. The largest absolute Gasteiger partial charge is 0.586 e. The molecule has 10 rings (SSSR count). The Kier molecular flexibility index (Phi) is 14.3. The van der Waals surface area contributed by atoms with Gasteiger partial charge in [-0.05, 0) is 155 Å². The molecule has 14 nitrogen and oxygen atoms in total. The third-order valence-corrected chi connectivity index (χ3v) is 14.3. The van der Waals surface area contributed by atoms with Crippen molar-refractivity contribution in [1.29, 1.82) is 0 Å². The molecule has 73 heavy (non-hydrogen) atoms. The predicted molar refractivity (Wildman–Crippen MR) is 262 cm³/mol. The summed E-state index contributed by atoms with van der Waals surface area (Å²) in [6, 6.07) is 14.6. The molecule has 2 N–H and O–H groups in total. The zero-order valence-corrected chi connectivity index (χ0v) is 42.3. The van der Waals surface area contributed by atoms with Crippen LogP contribution in [0.4, 0.5) is 17.6 Å². The van der Waals surface area contributed by atoms with Crippen molar-refractivity contribution in [2.24, 2.45) is 0 Å². The fourth-order valence-electron chi connectivity index (χ4n) is 8.93. The van der Waals surface area contributed by atoms with Gasteiger partial charge in [0.05, 0.1) is 30.7 Å². The number of carbonyl (C=O) groups is 2. The van der Waals surface area contributed by atoms with Gasteiger partial charge in [0.2, 0.25) is 11.8 Å². The second-order valence-electron chi connectivity index (χ2n) is 18.7. The molecule has 4 aliphatic rings. The van der Waals surface area contributed by atoms with Crippen LogP contribution in [-0.2, 0) is 33.3 Å². The number of ketones is 2. The van der Waals surface area contributed by atoms with Gasteiger partial charge >= 0.3 is 19.7 Å². The van der Waals surface area contributed by atoms with E-state index in [1.165, 1.54) is 37.6 Å². The molecule has 6 heterocycles. The van der Waals surface area contributed by atoms with Gasteiger partial charge in [0.25, 0.3) is 0 Å². The Labute approximate surface area is 424 Å². The zero-order chi connectivity index (χ0) is 52.9. The first-order valence-corrected chi connectivity index (χ1v) is 23.6. The molecule has 0 unspecified atom stereocenters. The average molecular weight is 1030 g/mol. The lowest BCUT2D eigenvalue weighted by Crippen LogP contribution is -2.32. The third kappa shape index (κ3) is 10.8. The minimum absolute atomic E-state index is 0.00468. The Morgan fingerprint density at radius 3 is 1.56 bits per heavy atom. The fourth-order valence-corrected chi connectivity index (χ4v) is 9.18. The number of methoxy groups -OCH3 is 2. The van der Waals surface area contributed by atoms with Crippen LogP contribution in [0.15, 0.2) is 67.0 Å². The Hall–Kier alpha value is -6.83. The van der Waals surface area contributed by atoms with E-state index in [4.69, 9.17) is 36.1 Å². The van der Waals surface area contributed by atoms with Crippen LogP contribution in [0.2, 0.25) is 5.15 Å². The van der Waals surface area contributed by atoms with Gasteiger partial charge in [0, 0.05) is 59.3 Å². The molecule has 2 saturated carbocycles. The second kappa shape index (κ2) is 19.9.